The van der Waals surface area contributed by atoms with Crippen LogP contribution in [0.15, 0.2) is 12.4 Å². The molecule has 0 spiro atoms. The average Bonchev–Trinajstić information content (AvgIpc) is 2.28. The molecule has 1 rings (SSSR count). The van der Waals surface area contributed by atoms with Crippen LogP contribution in [0.4, 0.5) is 5.69 Å². The fourth-order valence-corrected chi connectivity index (χ4v) is 1.66. The number of likely N-dealkylation sites (N-methyl/N-ethyl adjacent to an activating group) is 1. The highest BCUT2D eigenvalue weighted by atomic mass is 16.6. The highest BCUT2D eigenvalue weighted by Crippen LogP contribution is 2.21. The SMILES string of the molecule is CCNC(Cc1ncc([N+](=O)[O-])cn1)C(C)(C)C. The van der Waals surface area contributed by atoms with Crippen LogP contribution in [-0.2, 0) is 6.42 Å². The molecule has 1 aromatic rings. The van der Waals surface area contributed by atoms with Gasteiger partial charge in [0.25, 0.3) is 0 Å². The van der Waals surface area contributed by atoms with Crippen LogP contribution in [0.2, 0.25) is 0 Å². The fraction of sp³-hybridized carbons (Fsp3) is 0.667. The Morgan fingerprint density at radius 2 is 1.94 bits per heavy atom. The Morgan fingerprint density at radius 3 is 2.33 bits per heavy atom. The third kappa shape index (κ3) is 4.03. The molecule has 1 aromatic heterocycles. The number of hydrogen-bond donors (Lipinski definition) is 1. The van der Waals surface area contributed by atoms with Crippen molar-refractivity contribution in [2.45, 2.75) is 40.2 Å². The van der Waals surface area contributed by atoms with Gasteiger partial charge in [-0.2, -0.15) is 0 Å². The molecule has 18 heavy (non-hydrogen) atoms. The van der Waals surface area contributed by atoms with Gasteiger partial charge in [0.15, 0.2) is 0 Å². The molecule has 1 unspecified atom stereocenters. The van der Waals surface area contributed by atoms with Crippen LogP contribution in [-0.4, -0.2) is 27.5 Å². The lowest BCUT2D eigenvalue weighted by Crippen LogP contribution is -2.42. The molecule has 0 aliphatic rings. The van der Waals surface area contributed by atoms with E-state index in [-0.39, 0.29) is 17.1 Å². The Hall–Kier alpha value is -1.56. The molecule has 6 heteroatoms. The zero-order valence-corrected chi connectivity index (χ0v) is 11.3. The predicted molar refractivity (Wildman–Crippen MR) is 69.3 cm³/mol. The number of nitro groups is 1. The molecule has 1 N–H and O–H groups in total. The Bertz CT molecular complexity index is 398. The van der Waals surface area contributed by atoms with Gasteiger partial charge in [0, 0.05) is 12.5 Å². The zero-order chi connectivity index (χ0) is 13.8. The van der Waals surface area contributed by atoms with Gasteiger partial charge >= 0.3 is 5.69 Å². The number of aromatic nitrogens is 2. The van der Waals surface area contributed by atoms with Gasteiger partial charge in [-0.3, -0.25) is 10.1 Å². The van der Waals surface area contributed by atoms with E-state index in [0.29, 0.717) is 12.2 Å². The minimum Gasteiger partial charge on any atom is -0.313 e. The van der Waals surface area contributed by atoms with Crippen LogP contribution in [0.25, 0.3) is 0 Å². The second-order valence-corrected chi connectivity index (χ2v) is 5.30. The zero-order valence-electron chi connectivity index (χ0n) is 11.3. The Labute approximate surface area is 107 Å². The minimum absolute atomic E-state index is 0.0745. The monoisotopic (exact) mass is 252 g/mol. The smallest absolute Gasteiger partial charge is 0.305 e. The van der Waals surface area contributed by atoms with E-state index in [0.717, 1.165) is 6.54 Å². The summed E-state index contributed by atoms with van der Waals surface area (Å²) in [6.07, 6.45) is 3.18. The highest BCUT2D eigenvalue weighted by Gasteiger charge is 2.25. The van der Waals surface area contributed by atoms with E-state index in [9.17, 15) is 10.1 Å². The van der Waals surface area contributed by atoms with E-state index in [1.54, 1.807) is 0 Å². The predicted octanol–water partition coefficient (Wildman–Crippen LogP) is 1.95. The second kappa shape index (κ2) is 5.86. The number of rotatable bonds is 5. The molecular weight excluding hydrogens is 232 g/mol. The van der Waals surface area contributed by atoms with Crippen molar-refractivity contribution in [2.24, 2.45) is 5.41 Å². The van der Waals surface area contributed by atoms with Gasteiger partial charge in [0.05, 0.1) is 4.92 Å². The summed E-state index contributed by atoms with van der Waals surface area (Å²) < 4.78 is 0. The maximum Gasteiger partial charge on any atom is 0.305 e. The first-order valence-corrected chi connectivity index (χ1v) is 6.03. The first kappa shape index (κ1) is 14.5. The highest BCUT2D eigenvalue weighted by molar-refractivity contribution is 5.21. The van der Waals surface area contributed by atoms with Gasteiger partial charge in [0.2, 0.25) is 0 Å². The molecule has 0 saturated heterocycles. The Morgan fingerprint density at radius 1 is 1.39 bits per heavy atom. The standard InChI is InChI=1S/C12H20N4O2/c1-5-13-10(12(2,3)4)6-11-14-7-9(8-15-11)16(17)18/h7-8,10,13H,5-6H2,1-4H3. The third-order valence-corrected chi connectivity index (χ3v) is 2.79. The molecule has 0 aromatic carbocycles. The lowest BCUT2D eigenvalue weighted by atomic mass is 9.84. The van der Waals surface area contributed by atoms with Crippen LogP contribution < -0.4 is 5.32 Å². The fourth-order valence-electron chi connectivity index (χ4n) is 1.66. The third-order valence-electron chi connectivity index (χ3n) is 2.79. The molecule has 1 atom stereocenters. The van der Waals surface area contributed by atoms with E-state index in [4.69, 9.17) is 0 Å². The van der Waals surface area contributed by atoms with Gasteiger partial charge < -0.3 is 5.32 Å². The van der Waals surface area contributed by atoms with E-state index in [2.05, 4.69) is 43.0 Å². The van der Waals surface area contributed by atoms with Crippen molar-refractivity contribution in [1.29, 1.82) is 0 Å². The lowest BCUT2D eigenvalue weighted by molar-refractivity contribution is -0.385. The van der Waals surface area contributed by atoms with Gasteiger partial charge in [-0.05, 0) is 12.0 Å². The summed E-state index contributed by atoms with van der Waals surface area (Å²) >= 11 is 0. The topological polar surface area (TPSA) is 81.0 Å². The molecule has 0 radical (unpaired) electrons. The Balaban J connectivity index is 2.78. The second-order valence-electron chi connectivity index (χ2n) is 5.30. The summed E-state index contributed by atoms with van der Waals surface area (Å²) in [5.41, 5.74) is 0.00994. The van der Waals surface area contributed by atoms with Gasteiger partial charge in [-0.25, -0.2) is 9.97 Å². The molecule has 0 aliphatic heterocycles. The largest absolute Gasteiger partial charge is 0.313 e. The maximum atomic E-state index is 10.5. The van der Waals surface area contributed by atoms with Crippen molar-refractivity contribution in [3.8, 4) is 0 Å². The maximum absolute atomic E-state index is 10.5. The van der Waals surface area contributed by atoms with E-state index >= 15 is 0 Å². The summed E-state index contributed by atoms with van der Waals surface area (Å²) in [5.74, 6) is 0.626. The Kier molecular flexibility index (Phi) is 4.72. The lowest BCUT2D eigenvalue weighted by Gasteiger charge is -2.30. The molecule has 1 heterocycles. The van der Waals surface area contributed by atoms with Crippen LogP contribution >= 0.6 is 0 Å². The van der Waals surface area contributed by atoms with Crippen molar-refractivity contribution in [2.75, 3.05) is 6.54 Å². The van der Waals surface area contributed by atoms with Crippen molar-refractivity contribution < 1.29 is 4.92 Å². The normalized spacial score (nSPS) is 13.3. The van der Waals surface area contributed by atoms with Crippen LogP contribution in [0.5, 0.6) is 0 Å². The molecule has 0 fully saturated rings. The van der Waals surface area contributed by atoms with E-state index in [1.807, 2.05) is 0 Å². The quantitative estimate of drug-likeness (QED) is 0.640. The van der Waals surface area contributed by atoms with Crippen LogP contribution in [0.1, 0.15) is 33.5 Å². The average molecular weight is 252 g/mol. The number of nitrogens with one attached hydrogen (secondary N) is 1. The molecule has 0 saturated carbocycles. The summed E-state index contributed by atoms with van der Waals surface area (Å²) in [6.45, 7) is 9.35. The van der Waals surface area contributed by atoms with Crippen molar-refractivity contribution in [3.63, 3.8) is 0 Å². The van der Waals surface area contributed by atoms with Crippen molar-refractivity contribution >= 4 is 5.69 Å². The molecule has 0 amide bonds. The minimum atomic E-state index is -0.491. The summed E-state index contributed by atoms with van der Waals surface area (Å²) in [5, 5.41) is 13.9. The van der Waals surface area contributed by atoms with E-state index in [1.165, 1.54) is 12.4 Å². The van der Waals surface area contributed by atoms with Gasteiger partial charge in [-0.15, -0.1) is 0 Å². The van der Waals surface area contributed by atoms with Gasteiger partial charge in [0.1, 0.15) is 18.2 Å². The van der Waals surface area contributed by atoms with Crippen LogP contribution in [0, 0.1) is 15.5 Å². The molecule has 100 valence electrons. The number of nitrogens with zero attached hydrogens (tertiary/aromatic N) is 3. The molecule has 0 bridgehead atoms. The summed E-state index contributed by atoms with van der Waals surface area (Å²) in [4.78, 5) is 18.1. The summed E-state index contributed by atoms with van der Waals surface area (Å²) in [7, 11) is 0. The first-order valence-electron chi connectivity index (χ1n) is 6.03. The van der Waals surface area contributed by atoms with Crippen LogP contribution in [0.3, 0.4) is 0 Å². The van der Waals surface area contributed by atoms with Gasteiger partial charge in [-0.1, -0.05) is 27.7 Å². The van der Waals surface area contributed by atoms with Crippen molar-refractivity contribution in [1.82, 2.24) is 15.3 Å². The molecular formula is C12H20N4O2. The summed E-state index contributed by atoms with van der Waals surface area (Å²) in [6, 6.07) is 0.240. The van der Waals surface area contributed by atoms with Crippen molar-refractivity contribution in [3.05, 3.63) is 28.3 Å². The molecule has 6 nitrogen and oxygen atoms in total. The van der Waals surface area contributed by atoms with E-state index < -0.39 is 4.92 Å². The molecule has 0 aliphatic carbocycles. The number of hydrogen-bond acceptors (Lipinski definition) is 5. The first-order chi connectivity index (χ1) is 8.34.